The van der Waals surface area contributed by atoms with E-state index in [0.717, 1.165) is 63.0 Å². The number of aromatic nitrogens is 2. The van der Waals surface area contributed by atoms with Gasteiger partial charge in [0.1, 0.15) is 5.82 Å². The van der Waals surface area contributed by atoms with E-state index in [-0.39, 0.29) is 11.8 Å². The van der Waals surface area contributed by atoms with Gasteiger partial charge >= 0.3 is 0 Å². The Morgan fingerprint density at radius 2 is 1.71 bits per heavy atom. The molecule has 8 heteroatoms. The third-order valence-electron chi connectivity index (χ3n) is 6.89. The summed E-state index contributed by atoms with van der Waals surface area (Å²) in [6.45, 7) is 2.98. The smallest absolute Gasteiger partial charge is 0.230 e. The van der Waals surface area contributed by atoms with Gasteiger partial charge in [0.15, 0.2) is 0 Å². The Morgan fingerprint density at radius 3 is 2.42 bits per heavy atom. The van der Waals surface area contributed by atoms with Gasteiger partial charge < -0.3 is 20.4 Å². The second-order valence-electron chi connectivity index (χ2n) is 9.88. The van der Waals surface area contributed by atoms with Crippen LogP contribution in [-0.2, 0) is 17.9 Å². The fraction of sp³-hybridized carbons (Fsp3) is 0.300. The van der Waals surface area contributed by atoms with Gasteiger partial charge in [0, 0.05) is 41.2 Å². The molecule has 0 unspecified atom stereocenters. The summed E-state index contributed by atoms with van der Waals surface area (Å²) in [5, 5.41) is 7.89. The molecular weight excluding hydrogens is 587 g/mol. The highest BCUT2D eigenvalue weighted by atomic mass is 127. The Labute approximate surface area is 237 Å². The van der Waals surface area contributed by atoms with Crippen LogP contribution in [0.5, 0.6) is 0 Å². The van der Waals surface area contributed by atoms with E-state index in [4.69, 9.17) is 4.98 Å². The van der Waals surface area contributed by atoms with Gasteiger partial charge in [-0.3, -0.25) is 4.79 Å². The first kappa shape index (κ1) is 26.4. The molecule has 1 aliphatic heterocycles. The molecule has 7 nitrogen and oxygen atoms in total. The topological polar surface area (TPSA) is 73.4 Å². The molecular formula is C30H33IN6O. The van der Waals surface area contributed by atoms with Crippen LogP contribution in [0.1, 0.15) is 24.0 Å². The average molecular weight is 621 g/mol. The monoisotopic (exact) mass is 620 g/mol. The van der Waals surface area contributed by atoms with Crippen molar-refractivity contribution in [2.75, 3.05) is 42.3 Å². The van der Waals surface area contributed by atoms with Crippen molar-refractivity contribution in [2.45, 2.75) is 25.9 Å². The number of nitrogens with one attached hydrogen (secondary N) is 2. The van der Waals surface area contributed by atoms with Gasteiger partial charge in [0.25, 0.3) is 0 Å². The zero-order valence-corrected chi connectivity index (χ0v) is 24.0. The zero-order chi connectivity index (χ0) is 26.5. The molecule has 0 aliphatic carbocycles. The quantitative estimate of drug-likeness (QED) is 0.256. The number of anilines is 3. The first-order valence-corrected chi connectivity index (χ1v) is 14.1. The Kier molecular flexibility index (Phi) is 8.38. The highest BCUT2D eigenvalue weighted by Crippen LogP contribution is 2.27. The van der Waals surface area contributed by atoms with E-state index in [1.807, 2.05) is 48.2 Å². The predicted octanol–water partition coefficient (Wildman–Crippen LogP) is 5.45. The van der Waals surface area contributed by atoms with Crippen molar-refractivity contribution in [1.29, 1.82) is 0 Å². The zero-order valence-electron chi connectivity index (χ0n) is 21.8. The van der Waals surface area contributed by atoms with E-state index >= 15 is 0 Å². The Bertz CT molecular complexity index is 1390. The van der Waals surface area contributed by atoms with Gasteiger partial charge in [-0.05, 0) is 90.0 Å². The van der Waals surface area contributed by atoms with Crippen molar-refractivity contribution in [1.82, 2.24) is 15.3 Å². The molecule has 0 atom stereocenters. The lowest BCUT2D eigenvalue weighted by molar-refractivity contribution is -0.123. The van der Waals surface area contributed by atoms with Crippen LogP contribution >= 0.6 is 22.6 Å². The molecule has 0 radical (unpaired) electrons. The van der Waals surface area contributed by atoms with Crippen LogP contribution in [0, 0.1) is 9.49 Å². The normalized spacial score (nSPS) is 13.9. The first-order chi connectivity index (χ1) is 18.5. The minimum absolute atomic E-state index is 0.0565. The summed E-state index contributed by atoms with van der Waals surface area (Å²) in [5.41, 5.74) is 4.09. The van der Waals surface area contributed by atoms with Crippen molar-refractivity contribution in [3.8, 4) is 0 Å². The number of fused-ring (bicyclic) bond motifs is 1. The summed E-state index contributed by atoms with van der Waals surface area (Å²) < 4.78 is 1.14. The van der Waals surface area contributed by atoms with Crippen LogP contribution in [0.4, 0.5) is 17.5 Å². The number of amides is 1. The SMILES string of the molecule is CN(C)c1nc(NCc2ccc(N(Cc3ccccc3)C(=O)C3CCNCC3)cc2)c2cc(I)ccc2n1. The van der Waals surface area contributed by atoms with E-state index in [2.05, 4.69) is 86.7 Å². The molecule has 0 spiro atoms. The summed E-state index contributed by atoms with van der Waals surface area (Å²) >= 11 is 2.32. The summed E-state index contributed by atoms with van der Waals surface area (Å²) in [4.78, 5) is 26.9. The van der Waals surface area contributed by atoms with Crippen molar-refractivity contribution >= 4 is 56.9 Å². The third-order valence-corrected chi connectivity index (χ3v) is 7.56. The van der Waals surface area contributed by atoms with Gasteiger partial charge in [-0.1, -0.05) is 42.5 Å². The summed E-state index contributed by atoms with van der Waals surface area (Å²) in [7, 11) is 3.89. The molecule has 3 aromatic carbocycles. The van der Waals surface area contributed by atoms with E-state index in [0.29, 0.717) is 19.0 Å². The molecule has 1 fully saturated rings. The lowest BCUT2D eigenvalue weighted by atomic mass is 9.96. The van der Waals surface area contributed by atoms with Gasteiger partial charge in [-0.15, -0.1) is 0 Å². The molecule has 4 aromatic rings. The number of nitrogens with zero attached hydrogens (tertiary/aromatic N) is 4. The number of benzene rings is 3. The molecule has 1 aromatic heterocycles. The second kappa shape index (κ2) is 12.1. The van der Waals surface area contributed by atoms with Crippen LogP contribution in [0.3, 0.4) is 0 Å². The minimum atomic E-state index is 0.0565. The van der Waals surface area contributed by atoms with Crippen LogP contribution in [0.25, 0.3) is 10.9 Å². The van der Waals surface area contributed by atoms with Gasteiger partial charge in [0.2, 0.25) is 11.9 Å². The van der Waals surface area contributed by atoms with Gasteiger partial charge in [-0.25, -0.2) is 4.98 Å². The molecule has 2 heterocycles. The van der Waals surface area contributed by atoms with Crippen molar-refractivity contribution < 1.29 is 4.79 Å². The summed E-state index contributed by atoms with van der Waals surface area (Å²) in [5.74, 6) is 1.75. The van der Waals surface area contributed by atoms with Crippen LogP contribution < -0.4 is 20.4 Å². The number of halogens is 1. The van der Waals surface area contributed by atoms with Crippen LogP contribution in [-0.4, -0.2) is 43.1 Å². The number of carbonyl (C=O) groups excluding carboxylic acids is 1. The maximum absolute atomic E-state index is 13.6. The molecule has 1 aliphatic rings. The number of rotatable bonds is 8. The van der Waals surface area contributed by atoms with E-state index < -0.39 is 0 Å². The number of hydrogen-bond donors (Lipinski definition) is 2. The standard InChI is InChI=1S/C30H33IN6O/c1-36(2)30-34-27-13-10-24(31)18-26(27)28(35-30)33-19-21-8-11-25(12-9-21)37(20-22-6-4-3-5-7-22)29(38)23-14-16-32-17-15-23/h3-13,18,23,32H,14-17,19-20H2,1-2H3,(H,33,34,35). The Hall–Kier alpha value is -3.24. The Morgan fingerprint density at radius 1 is 0.974 bits per heavy atom. The maximum Gasteiger partial charge on any atom is 0.230 e. The van der Waals surface area contributed by atoms with E-state index in [9.17, 15) is 4.79 Å². The number of hydrogen-bond acceptors (Lipinski definition) is 6. The van der Waals surface area contributed by atoms with Gasteiger partial charge in [-0.2, -0.15) is 4.98 Å². The highest BCUT2D eigenvalue weighted by Gasteiger charge is 2.27. The number of piperidine rings is 1. The van der Waals surface area contributed by atoms with Crippen LogP contribution in [0.15, 0.2) is 72.8 Å². The third kappa shape index (κ3) is 6.24. The molecule has 1 amide bonds. The molecule has 5 rings (SSSR count). The fourth-order valence-electron chi connectivity index (χ4n) is 4.75. The lowest BCUT2D eigenvalue weighted by Crippen LogP contribution is -2.40. The summed E-state index contributed by atoms with van der Waals surface area (Å²) in [6, 6.07) is 24.7. The minimum Gasteiger partial charge on any atom is -0.365 e. The van der Waals surface area contributed by atoms with Crippen molar-refractivity contribution in [2.24, 2.45) is 5.92 Å². The maximum atomic E-state index is 13.6. The molecule has 1 saturated heterocycles. The fourth-order valence-corrected chi connectivity index (χ4v) is 5.25. The number of carbonyl (C=O) groups is 1. The Balaban J connectivity index is 1.36. The summed E-state index contributed by atoms with van der Waals surface area (Å²) in [6.07, 6.45) is 1.76. The molecule has 38 heavy (non-hydrogen) atoms. The lowest BCUT2D eigenvalue weighted by Gasteiger charge is -2.30. The molecule has 196 valence electrons. The van der Waals surface area contributed by atoms with Crippen molar-refractivity contribution in [3.63, 3.8) is 0 Å². The molecule has 0 bridgehead atoms. The second-order valence-corrected chi connectivity index (χ2v) is 11.1. The van der Waals surface area contributed by atoms with Crippen molar-refractivity contribution in [3.05, 3.63) is 87.5 Å². The molecule has 0 saturated carbocycles. The highest BCUT2D eigenvalue weighted by molar-refractivity contribution is 14.1. The molecule has 2 N–H and O–H groups in total. The average Bonchev–Trinajstić information content (AvgIpc) is 2.95. The predicted molar refractivity (Wildman–Crippen MR) is 164 cm³/mol. The van der Waals surface area contributed by atoms with E-state index in [1.165, 1.54) is 0 Å². The first-order valence-electron chi connectivity index (χ1n) is 13.0. The largest absolute Gasteiger partial charge is 0.365 e. The van der Waals surface area contributed by atoms with Crippen LogP contribution in [0.2, 0.25) is 0 Å². The van der Waals surface area contributed by atoms with E-state index in [1.54, 1.807) is 0 Å². The van der Waals surface area contributed by atoms with Gasteiger partial charge in [0.05, 0.1) is 12.1 Å².